The summed E-state index contributed by atoms with van der Waals surface area (Å²) in [7, 11) is 4.12. The van der Waals surface area contributed by atoms with Gasteiger partial charge in [-0.05, 0) is 39.9 Å². The molecule has 114 valence electrons. The van der Waals surface area contributed by atoms with Gasteiger partial charge in [0.2, 0.25) is 0 Å². The molecule has 0 amide bonds. The highest BCUT2D eigenvalue weighted by atomic mass is 35.5. The van der Waals surface area contributed by atoms with E-state index < -0.39 is 0 Å². The summed E-state index contributed by atoms with van der Waals surface area (Å²) in [5.41, 5.74) is 0.424. The van der Waals surface area contributed by atoms with E-state index in [9.17, 15) is 4.79 Å². The molecule has 1 N–H and O–H groups in total. The second-order valence-corrected chi connectivity index (χ2v) is 5.57. The fourth-order valence-corrected chi connectivity index (χ4v) is 2.04. The van der Waals surface area contributed by atoms with Gasteiger partial charge in [-0.15, -0.1) is 0 Å². The fourth-order valence-electron chi connectivity index (χ4n) is 1.83. The summed E-state index contributed by atoms with van der Waals surface area (Å²) < 4.78 is 1.43. The predicted molar refractivity (Wildman–Crippen MR) is 84.7 cm³/mol. The molecule has 20 heavy (non-hydrogen) atoms. The highest BCUT2D eigenvalue weighted by molar-refractivity contribution is 6.32. The van der Waals surface area contributed by atoms with Gasteiger partial charge in [-0.3, -0.25) is 4.79 Å². The van der Waals surface area contributed by atoms with Crippen molar-refractivity contribution < 1.29 is 0 Å². The summed E-state index contributed by atoms with van der Waals surface area (Å²) in [6, 6.07) is 0. The maximum Gasteiger partial charge on any atom is 0.287 e. The van der Waals surface area contributed by atoms with E-state index in [1.165, 1.54) is 4.68 Å². The van der Waals surface area contributed by atoms with E-state index in [1.807, 2.05) is 0 Å². The van der Waals surface area contributed by atoms with Gasteiger partial charge >= 0.3 is 0 Å². The van der Waals surface area contributed by atoms with Gasteiger partial charge in [-0.2, -0.15) is 5.10 Å². The first-order chi connectivity index (χ1) is 9.56. The van der Waals surface area contributed by atoms with Crippen LogP contribution in [-0.4, -0.2) is 41.9 Å². The normalized spacial score (nSPS) is 11.1. The quantitative estimate of drug-likeness (QED) is 0.712. The molecule has 0 atom stereocenters. The third-order valence-corrected chi connectivity index (χ3v) is 3.42. The molecule has 0 aliphatic carbocycles. The van der Waals surface area contributed by atoms with Crippen LogP contribution in [0.5, 0.6) is 0 Å². The Labute approximate surface area is 125 Å². The van der Waals surface area contributed by atoms with Gasteiger partial charge < -0.3 is 10.2 Å². The Kier molecular flexibility index (Phi) is 7.62. The van der Waals surface area contributed by atoms with Gasteiger partial charge in [0.15, 0.2) is 0 Å². The van der Waals surface area contributed by atoms with Crippen molar-refractivity contribution in [3.8, 4) is 0 Å². The lowest BCUT2D eigenvalue weighted by Gasteiger charge is -2.11. The third kappa shape index (κ3) is 5.51. The molecule has 0 spiro atoms. The topological polar surface area (TPSA) is 50.2 Å². The summed E-state index contributed by atoms with van der Waals surface area (Å²) in [4.78, 5) is 14.2. The van der Waals surface area contributed by atoms with Crippen LogP contribution in [-0.2, 0) is 6.54 Å². The maximum absolute atomic E-state index is 12.0. The molecular formula is C14H25ClN4O. The molecule has 0 saturated carbocycles. The van der Waals surface area contributed by atoms with Gasteiger partial charge in [-0.25, -0.2) is 4.68 Å². The van der Waals surface area contributed by atoms with Crippen LogP contribution in [0.1, 0.15) is 32.6 Å². The molecular weight excluding hydrogens is 276 g/mol. The third-order valence-electron chi connectivity index (χ3n) is 3.06. The van der Waals surface area contributed by atoms with E-state index in [-0.39, 0.29) is 10.6 Å². The number of halogens is 1. The molecule has 1 aromatic rings. The number of unbranched alkanes of at least 4 members (excludes halogenated alkanes) is 2. The van der Waals surface area contributed by atoms with E-state index in [2.05, 4.69) is 36.3 Å². The van der Waals surface area contributed by atoms with Gasteiger partial charge in [0.05, 0.1) is 11.9 Å². The van der Waals surface area contributed by atoms with Gasteiger partial charge in [0.1, 0.15) is 5.02 Å². The van der Waals surface area contributed by atoms with Crippen LogP contribution >= 0.6 is 11.6 Å². The van der Waals surface area contributed by atoms with E-state index >= 15 is 0 Å². The lowest BCUT2D eigenvalue weighted by molar-refractivity contribution is 0.396. The van der Waals surface area contributed by atoms with Crippen molar-refractivity contribution in [1.29, 1.82) is 0 Å². The summed E-state index contributed by atoms with van der Waals surface area (Å²) in [6.45, 7) is 4.56. The first kappa shape index (κ1) is 17.0. The largest absolute Gasteiger partial charge is 0.382 e. The van der Waals surface area contributed by atoms with Crippen LogP contribution in [0.2, 0.25) is 5.02 Å². The van der Waals surface area contributed by atoms with Crippen molar-refractivity contribution >= 4 is 17.3 Å². The molecule has 0 bridgehead atoms. The van der Waals surface area contributed by atoms with Crippen molar-refractivity contribution in [2.75, 3.05) is 32.5 Å². The summed E-state index contributed by atoms with van der Waals surface area (Å²) in [5.74, 6) is 0. The Morgan fingerprint density at radius 3 is 2.75 bits per heavy atom. The van der Waals surface area contributed by atoms with Crippen molar-refractivity contribution in [3.05, 3.63) is 21.6 Å². The lowest BCUT2D eigenvalue weighted by Crippen LogP contribution is -2.24. The van der Waals surface area contributed by atoms with Crippen LogP contribution in [0, 0.1) is 0 Å². The minimum absolute atomic E-state index is 0.210. The average molecular weight is 301 g/mol. The van der Waals surface area contributed by atoms with Crippen LogP contribution < -0.4 is 10.9 Å². The van der Waals surface area contributed by atoms with E-state index in [0.29, 0.717) is 12.2 Å². The molecule has 0 aromatic carbocycles. The smallest absolute Gasteiger partial charge is 0.287 e. The SMILES string of the molecule is CCCCn1ncc(NCCCCN(C)C)c(Cl)c1=O. The second-order valence-electron chi connectivity index (χ2n) is 5.19. The number of nitrogens with zero attached hydrogens (tertiary/aromatic N) is 3. The molecule has 0 aliphatic heterocycles. The maximum atomic E-state index is 12.0. The first-order valence-electron chi connectivity index (χ1n) is 7.20. The zero-order valence-corrected chi connectivity index (χ0v) is 13.4. The number of nitrogens with one attached hydrogen (secondary N) is 1. The monoisotopic (exact) mass is 300 g/mol. The number of hydrogen-bond acceptors (Lipinski definition) is 4. The zero-order valence-electron chi connectivity index (χ0n) is 12.7. The Balaban J connectivity index is 2.51. The predicted octanol–water partition coefficient (Wildman–Crippen LogP) is 2.45. The molecule has 0 unspecified atom stereocenters. The minimum atomic E-state index is -0.210. The zero-order chi connectivity index (χ0) is 15.0. The van der Waals surface area contributed by atoms with Gasteiger partial charge in [-0.1, -0.05) is 24.9 Å². The van der Waals surface area contributed by atoms with Crippen molar-refractivity contribution in [2.45, 2.75) is 39.2 Å². The molecule has 1 rings (SSSR count). The van der Waals surface area contributed by atoms with Crippen LogP contribution in [0.15, 0.2) is 11.0 Å². The number of anilines is 1. The first-order valence-corrected chi connectivity index (χ1v) is 7.58. The Bertz CT molecular complexity index is 459. The Hall–Kier alpha value is -1.07. The van der Waals surface area contributed by atoms with Gasteiger partial charge in [0.25, 0.3) is 5.56 Å². The number of hydrogen-bond donors (Lipinski definition) is 1. The summed E-state index contributed by atoms with van der Waals surface area (Å²) in [6.07, 6.45) is 5.75. The minimum Gasteiger partial charge on any atom is -0.382 e. The average Bonchev–Trinajstić information content (AvgIpc) is 2.41. The Morgan fingerprint density at radius 1 is 1.35 bits per heavy atom. The van der Waals surface area contributed by atoms with E-state index in [4.69, 9.17) is 11.6 Å². The summed E-state index contributed by atoms with van der Waals surface area (Å²) in [5, 5.41) is 7.58. The van der Waals surface area contributed by atoms with Crippen LogP contribution in [0.3, 0.4) is 0 Å². The molecule has 0 aliphatic rings. The summed E-state index contributed by atoms with van der Waals surface area (Å²) >= 11 is 6.10. The highest BCUT2D eigenvalue weighted by Crippen LogP contribution is 2.15. The van der Waals surface area contributed by atoms with Crippen LogP contribution in [0.25, 0.3) is 0 Å². The molecule has 0 radical (unpaired) electrons. The molecule has 5 nitrogen and oxygen atoms in total. The lowest BCUT2D eigenvalue weighted by atomic mass is 10.3. The van der Waals surface area contributed by atoms with Crippen LogP contribution in [0.4, 0.5) is 5.69 Å². The van der Waals surface area contributed by atoms with Gasteiger partial charge in [0, 0.05) is 13.1 Å². The molecule has 0 fully saturated rings. The van der Waals surface area contributed by atoms with E-state index in [0.717, 1.165) is 38.8 Å². The van der Waals surface area contributed by atoms with E-state index in [1.54, 1.807) is 6.20 Å². The molecule has 1 aromatic heterocycles. The van der Waals surface area contributed by atoms with Crippen molar-refractivity contribution in [3.63, 3.8) is 0 Å². The Morgan fingerprint density at radius 2 is 2.10 bits per heavy atom. The van der Waals surface area contributed by atoms with Crippen molar-refractivity contribution in [1.82, 2.24) is 14.7 Å². The number of aryl methyl sites for hydroxylation is 1. The van der Waals surface area contributed by atoms with Crippen molar-refractivity contribution in [2.24, 2.45) is 0 Å². The molecule has 0 saturated heterocycles. The highest BCUT2D eigenvalue weighted by Gasteiger charge is 2.08. The second kappa shape index (κ2) is 8.97. The molecule has 1 heterocycles. The standard InChI is InChI=1S/C14H25ClN4O/c1-4-5-10-19-14(20)13(15)12(11-17-19)16-8-6-7-9-18(2)3/h11,16H,4-10H2,1-3H3. The fraction of sp³-hybridized carbons (Fsp3) is 0.714. The number of aromatic nitrogens is 2. The molecule has 6 heteroatoms. The number of rotatable bonds is 9.